The summed E-state index contributed by atoms with van der Waals surface area (Å²) in [6, 6.07) is 8.74. The van der Waals surface area contributed by atoms with E-state index in [1.807, 2.05) is 6.07 Å². The summed E-state index contributed by atoms with van der Waals surface area (Å²) in [4.78, 5) is 30.1. The molecule has 1 fully saturated rings. The van der Waals surface area contributed by atoms with E-state index < -0.39 is 50.4 Å². The number of alkyl halides is 2. The first-order chi connectivity index (χ1) is 19.7. The molecule has 0 atom stereocenters. The number of sulfone groups is 1. The maximum Gasteiger partial charge on any atom is 0.361 e. The standard InChI is InChI=1S/C26H30F2N8O5S/c1-24(2,16-41-26(27,28)14-32-34-30)42(39,40)25(9-10-25)15-36-11-8-19-20(33-35(3)21(19)23(36)38)22(37)31-13-18-6-4-17(12-29)5-7-18/h4-7H,8-11,13-16H2,1-3H3,(H,31,37). The minimum atomic E-state index is -4.09. The molecule has 42 heavy (non-hydrogen) atoms. The monoisotopic (exact) mass is 604 g/mol. The fraction of sp³-hybridized carbons (Fsp3) is 0.538. The molecule has 2 amide bonds. The molecular formula is C26H30F2N8O5S. The predicted octanol–water partition coefficient (Wildman–Crippen LogP) is 2.87. The van der Waals surface area contributed by atoms with E-state index in [1.54, 1.807) is 24.3 Å². The van der Waals surface area contributed by atoms with Crippen LogP contribution in [0, 0.1) is 11.3 Å². The molecule has 13 nitrogen and oxygen atoms in total. The molecule has 16 heteroatoms. The Morgan fingerprint density at radius 2 is 1.98 bits per heavy atom. The number of amides is 2. The third kappa shape index (κ3) is 5.94. The number of halogens is 2. The van der Waals surface area contributed by atoms with Crippen LogP contribution in [-0.2, 0) is 34.6 Å². The lowest BCUT2D eigenvalue weighted by atomic mass is 10.0. The van der Waals surface area contributed by atoms with E-state index in [1.165, 1.54) is 30.5 Å². The molecule has 2 aromatic rings. The third-order valence-corrected chi connectivity index (χ3v) is 10.8. The third-order valence-electron chi connectivity index (χ3n) is 7.55. The van der Waals surface area contributed by atoms with Gasteiger partial charge in [0.15, 0.2) is 15.5 Å². The van der Waals surface area contributed by atoms with E-state index in [0.29, 0.717) is 11.1 Å². The van der Waals surface area contributed by atoms with Crippen LogP contribution in [0.15, 0.2) is 29.4 Å². The molecule has 0 spiro atoms. The second kappa shape index (κ2) is 11.3. The molecule has 224 valence electrons. The number of carbonyl (C=O) groups excluding carboxylic acids is 2. The molecule has 2 aliphatic rings. The van der Waals surface area contributed by atoms with E-state index >= 15 is 0 Å². The van der Waals surface area contributed by atoms with Gasteiger partial charge in [0.25, 0.3) is 11.8 Å². The normalized spacial score (nSPS) is 16.3. The summed E-state index contributed by atoms with van der Waals surface area (Å²) in [6.45, 7) is 0.649. The van der Waals surface area contributed by atoms with Crippen molar-refractivity contribution in [2.24, 2.45) is 12.2 Å². The summed E-state index contributed by atoms with van der Waals surface area (Å²) >= 11 is 0. The fourth-order valence-corrected chi connectivity index (χ4v) is 7.32. The van der Waals surface area contributed by atoms with E-state index in [0.717, 1.165) is 5.56 Å². The van der Waals surface area contributed by atoms with Crippen molar-refractivity contribution >= 4 is 21.7 Å². The Morgan fingerprint density at radius 1 is 1.31 bits per heavy atom. The second-order valence-electron chi connectivity index (χ2n) is 11.0. The summed E-state index contributed by atoms with van der Waals surface area (Å²) < 4.78 is 57.9. The minimum Gasteiger partial charge on any atom is -0.347 e. The van der Waals surface area contributed by atoms with Gasteiger partial charge in [0.2, 0.25) is 0 Å². The number of nitriles is 1. The molecule has 0 bridgehead atoms. The SMILES string of the molecule is Cn1nc(C(=O)NCc2ccc(C#N)cc2)c2c1C(=O)N(CC1(S(=O)(=O)C(C)(C)COC(F)(F)CN=[N+]=[N-])CC1)CC2. The first-order valence-corrected chi connectivity index (χ1v) is 14.5. The number of nitrogens with one attached hydrogen (secondary N) is 1. The maximum atomic E-state index is 13.9. The average Bonchev–Trinajstić information content (AvgIpc) is 3.67. The van der Waals surface area contributed by atoms with Gasteiger partial charge >= 0.3 is 6.11 Å². The zero-order valence-electron chi connectivity index (χ0n) is 23.3. The molecule has 0 unspecified atom stereocenters. The Morgan fingerprint density at radius 3 is 2.57 bits per heavy atom. The largest absolute Gasteiger partial charge is 0.361 e. The number of aryl methyl sites for hydroxylation is 1. The van der Waals surface area contributed by atoms with Crippen LogP contribution in [-0.4, -0.2) is 76.8 Å². The zero-order chi connectivity index (χ0) is 30.9. The molecule has 2 heterocycles. The lowest BCUT2D eigenvalue weighted by Crippen LogP contribution is -2.52. The average molecular weight is 605 g/mol. The summed E-state index contributed by atoms with van der Waals surface area (Å²) in [5, 5.41) is 18.8. The van der Waals surface area contributed by atoms with Gasteiger partial charge in [-0.3, -0.25) is 14.3 Å². The molecular weight excluding hydrogens is 574 g/mol. The Bertz CT molecular complexity index is 1590. The number of nitrogens with zero attached hydrogens (tertiary/aromatic N) is 7. The van der Waals surface area contributed by atoms with Crippen LogP contribution >= 0.6 is 0 Å². The number of aromatic nitrogens is 2. The highest BCUT2D eigenvalue weighted by atomic mass is 32.2. The van der Waals surface area contributed by atoms with Gasteiger partial charge in [-0.2, -0.15) is 19.1 Å². The lowest BCUT2D eigenvalue weighted by molar-refractivity contribution is -0.232. The number of ether oxygens (including phenoxy) is 1. The molecule has 1 aromatic carbocycles. The highest BCUT2D eigenvalue weighted by molar-refractivity contribution is 7.94. The van der Waals surface area contributed by atoms with Crippen molar-refractivity contribution in [3.8, 4) is 6.07 Å². The van der Waals surface area contributed by atoms with Gasteiger partial charge in [-0.1, -0.05) is 17.2 Å². The highest BCUT2D eigenvalue weighted by Crippen LogP contribution is 2.49. The fourth-order valence-electron chi connectivity index (χ4n) is 4.97. The zero-order valence-corrected chi connectivity index (χ0v) is 24.1. The lowest BCUT2D eigenvalue weighted by Gasteiger charge is -2.35. The van der Waals surface area contributed by atoms with Gasteiger partial charge in [0, 0.05) is 37.2 Å². The van der Waals surface area contributed by atoms with Crippen molar-refractivity contribution in [3.05, 3.63) is 62.8 Å². The van der Waals surface area contributed by atoms with Crippen LogP contribution < -0.4 is 5.32 Å². The van der Waals surface area contributed by atoms with Crippen LogP contribution in [0.25, 0.3) is 10.4 Å². The van der Waals surface area contributed by atoms with Crippen molar-refractivity contribution in [2.75, 3.05) is 26.2 Å². The van der Waals surface area contributed by atoms with E-state index in [9.17, 15) is 26.8 Å². The Kier molecular flexibility index (Phi) is 8.32. The number of hydrogen-bond acceptors (Lipinski definition) is 8. The maximum absolute atomic E-state index is 13.9. The van der Waals surface area contributed by atoms with Gasteiger partial charge < -0.3 is 15.0 Å². The van der Waals surface area contributed by atoms with Gasteiger partial charge in [-0.05, 0) is 56.3 Å². The molecule has 1 N–H and O–H groups in total. The van der Waals surface area contributed by atoms with Crippen LogP contribution in [0.4, 0.5) is 8.78 Å². The van der Waals surface area contributed by atoms with Crippen molar-refractivity contribution in [1.82, 2.24) is 20.0 Å². The Labute approximate surface area is 241 Å². The molecule has 1 saturated carbocycles. The van der Waals surface area contributed by atoms with Crippen LogP contribution in [0.1, 0.15) is 64.4 Å². The van der Waals surface area contributed by atoms with Gasteiger partial charge in [0.05, 0.1) is 27.7 Å². The highest BCUT2D eigenvalue weighted by Gasteiger charge is 2.61. The predicted molar refractivity (Wildman–Crippen MR) is 145 cm³/mol. The molecule has 1 aliphatic heterocycles. The van der Waals surface area contributed by atoms with Crippen LogP contribution in [0.2, 0.25) is 0 Å². The van der Waals surface area contributed by atoms with Crippen molar-refractivity contribution in [1.29, 1.82) is 5.26 Å². The van der Waals surface area contributed by atoms with Gasteiger partial charge in [0.1, 0.15) is 12.2 Å². The summed E-state index contributed by atoms with van der Waals surface area (Å²) in [5.41, 5.74) is 10.3. The molecule has 1 aromatic heterocycles. The number of hydrogen-bond donors (Lipinski definition) is 1. The van der Waals surface area contributed by atoms with Crippen molar-refractivity contribution < 1.29 is 31.5 Å². The Balaban J connectivity index is 1.45. The van der Waals surface area contributed by atoms with Crippen LogP contribution in [0.5, 0.6) is 0 Å². The smallest absolute Gasteiger partial charge is 0.347 e. The summed E-state index contributed by atoms with van der Waals surface area (Å²) in [7, 11) is -2.56. The number of carbonyl (C=O) groups is 2. The molecule has 1 aliphatic carbocycles. The summed E-state index contributed by atoms with van der Waals surface area (Å²) in [5.74, 6) is -0.952. The number of rotatable bonds is 12. The minimum absolute atomic E-state index is 0.0999. The van der Waals surface area contributed by atoms with Gasteiger partial charge in [-0.15, -0.1) is 0 Å². The van der Waals surface area contributed by atoms with Crippen molar-refractivity contribution in [2.45, 2.75) is 55.3 Å². The summed E-state index contributed by atoms with van der Waals surface area (Å²) in [6.07, 6.45) is -3.07. The first-order valence-electron chi connectivity index (χ1n) is 13.1. The second-order valence-corrected chi connectivity index (χ2v) is 14.0. The number of benzene rings is 1. The Hall–Kier alpha value is -4.06. The number of azide groups is 1. The quantitative estimate of drug-likeness (QED) is 0.219. The van der Waals surface area contributed by atoms with E-state index in [2.05, 4.69) is 25.2 Å². The molecule has 4 rings (SSSR count). The van der Waals surface area contributed by atoms with Crippen molar-refractivity contribution in [3.63, 3.8) is 0 Å². The van der Waals surface area contributed by atoms with E-state index in [4.69, 9.17) is 10.8 Å². The van der Waals surface area contributed by atoms with Crippen LogP contribution in [0.3, 0.4) is 0 Å². The molecule has 0 radical (unpaired) electrons. The topological polar surface area (TPSA) is 183 Å². The first kappa shape index (κ1) is 30.9. The molecule has 0 saturated heterocycles. The van der Waals surface area contributed by atoms with Gasteiger partial charge in [-0.25, -0.2) is 8.42 Å². The van der Waals surface area contributed by atoms with E-state index in [-0.39, 0.29) is 50.3 Å². The number of fused-ring (bicyclic) bond motifs is 1.